The number of likely N-dealkylation sites (N-methyl/N-ethyl adjacent to an activating group) is 1. The van der Waals surface area contributed by atoms with Gasteiger partial charge in [-0.25, -0.2) is 0 Å². The lowest BCUT2D eigenvalue weighted by Crippen LogP contribution is -2.51. The minimum atomic E-state index is -0.763. The minimum absolute atomic E-state index is 0.132. The van der Waals surface area contributed by atoms with E-state index < -0.39 is 6.10 Å². The highest BCUT2D eigenvalue weighted by Crippen LogP contribution is 2.36. The topological polar surface area (TPSA) is 59.1 Å². The van der Waals surface area contributed by atoms with Gasteiger partial charge >= 0.3 is 0 Å². The number of amides is 2. The lowest BCUT2D eigenvalue weighted by Gasteiger charge is -2.35. The molecule has 2 amide bonds. The Kier molecular flexibility index (Phi) is 4.73. The average Bonchev–Trinajstić information content (AvgIpc) is 2.71. The number of carbonyl (C=O) groups excluding carboxylic acids is 2. The van der Waals surface area contributed by atoms with E-state index in [4.69, 9.17) is 21.1 Å². The Labute approximate surface area is 167 Å². The second-order valence-corrected chi connectivity index (χ2v) is 7.30. The van der Waals surface area contributed by atoms with Crippen LogP contribution in [0.3, 0.4) is 0 Å². The molecular weight excluding hydrogens is 380 g/mol. The molecule has 0 bridgehead atoms. The van der Waals surface area contributed by atoms with Gasteiger partial charge < -0.3 is 19.3 Å². The highest BCUT2D eigenvalue weighted by molar-refractivity contribution is 6.30. The molecule has 144 valence electrons. The summed E-state index contributed by atoms with van der Waals surface area (Å²) in [7, 11) is 3.33. The Hall–Kier alpha value is -2.99. The number of ether oxygens (including phenoxy) is 2. The molecule has 0 aromatic heterocycles. The van der Waals surface area contributed by atoms with Gasteiger partial charge in [-0.2, -0.15) is 0 Å². The van der Waals surface area contributed by atoms with Crippen molar-refractivity contribution in [3.8, 4) is 11.5 Å². The number of para-hydroxylation sites is 2. The Bertz CT molecular complexity index is 986. The zero-order valence-corrected chi connectivity index (χ0v) is 16.3. The van der Waals surface area contributed by atoms with Crippen molar-refractivity contribution in [2.24, 2.45) is 0 Å². The van der Waals surface area contributed by atoms with E-state index in [2.05, 4.69) is 0 Å². The second-order valence-electron chi connectivity index (χ2n) is 6.86. The van der Waals surface area contributed by atoms with Crippen LogP contribution in [0.1, 0.15) is 5.56 Å². The maximum Gasteiger partial charge on any atom is 0.265 e. The Morgan fingerprint density at radius 1 is 1.14 bits per heavy atom. The fourth-order valence-electron chi connectivity index (χ4n) is 3.29. The number of benzene rings is 2. The zero-order valence-electron chi connectivity index (χ0n) is 15.5. The van der Waals surface area contributed by atoms with Crippen molar-refractivity contribution in [2.75, 3.05) is 32.1 Å². The first-order chi connectivity index (χ1) is 13.4. The standard InChI is InChI=1S/C21H19ClN2O4/c1-23(2)21(26)19-11-24(16-5-3-4-6-18(16)28-19)20(25)14-9-13-10-15(22)7-8-17(13)27-12-14/h3-10,19H,11-12H2,1-2H3. The number of anilines is 1. The van der Waals surface area contributed by atoms with Crippen LogP contribution in [-0.4, -0.2) is 50.1 Å². The molecule has 28 heavy (non-hydrogen) atoms. The zero-order chi connectivity index (χ0) is 19.8. The first-order valence-corrected chi connectivity index (χ1v) is 9.23. The van der Waals surface area contributed by atoms with Gasteiger partial charge in [0, 0.05) is 24.7 Å². The predicted molar refractivity (Wildman–Crippen MR) is 107 cm³/mol. The smallest absolute Gasteiger partial charge is 0.265 e. The van der Waals surface area contributed by atoms with Gasteiger partial charge in [0.1, 0.15) is 18.1 Å². The van der Waals surface area contributed by atoms with E-state index in [1.807, 2.05) is 12.1 Å². The molecule has 0 spiro atoms. The van der Waals surface area contributed by atoms with Crippen LogP contribution in [0.2, 0.25) is 5.02 Å². The van der Waals surface area contributed by atoms with Crippen molar-refractivity contribution in [2.45, 2.75) is 6.10 Å². The van der Waals surface area contributed by atoms with Crippen LogP contribution in [0, 0.1) is 0 Å². The molecule has 0 N–H and O–H groups in total. The van der Waals surface area contributed by atoms with Gasteiger partial charge in [0.05, 0.1) is 17.8 Å². The molecule has 0 aliphatic carbocycles. The maximum absolute atomic E-state index is 13.3. The van der Waals surface area contributed by atoms with Gasteiger partial charge in [0.25, 0.3) is 11.8 Å². The number of hydrogen-bond acceptors (Lipinski definition) is 4. The normalized spacial score (nSPS) is 17.5. The summed E-state index contributed by atoms with van der Waals surface area (Å²) in [6.07, 6.45) is 1.02. The van der Waals surface area contributed by atoms with E-state index >= 15 is 0 Å². The number of fused-ring (bicyclic) bond motifs is 2. The summed E-state index contributed by atoms with van der Waals surface area (Å²) in [5.41, 5.74) is 1.88. The average molecular weight is 399 g/mol. The van der Waals surface area contributed by atoms with Gasteiger partial charge in [-0.3, -0.25) is 9.59 Å². The van der Waals surface area contributed by atoms with Crippen molar-refractivity contribution in [3.63, 3.8) is 0 Å². The molecule has 2 aliphatic heterocycles. The van der Waals surface area contributed by atoms with Crippen LogP contribution in [-0.2, 0) is 9.59 Å². The molecule has 2 heterocycles. The number of rotatable bonds is 2. The highest BCUT2D eigenvalue weighted by atomic mass is 35.5. The van der Waals surface area contributed by atoms with Gasteiger partial charge in [-0.05, 0) is 36.4 Å². The molecule has 0 saturated carbocycles. The van der Waals surface area contributed by atoms with E-state index in [9.17, 15) is 9.59 Å². The summed E-state index contributed by atoms with van der Waals surface area (Å²) in [5.74, 6) is 0.767. The fourth-order valence-corrected chi connectivity index (χ4v) is 3.47. The molecule has 2 aromatic carbocycles. The molecule has 4 rings (SSSR count). The van der Waals surface area contributed by atoms with Gasteiger partial charge in [-0.15, -0.1) is 0 Å². The fraction of sp³-hybridized carbons (Fsp3) is 0.238. The third kappa shape index (κ3) is 3.31. The quantitative estimate of drug-likeness (QED) is 0.780. The molecule has 0 fully saturated rings. The predicted octanol–water partition coefficient (Wildman–Crippen LogP) is 3.00. The van der Waals surface area contributed by atoms with E-state index in [1.54, 1.807) is 55.4 Å². The Morgan fingerprint density at radius 3 is 2.71 bits per heavy atom. The third-order valence-electron chi connectivity index (χ3n) is 4.69. The monoisotopic (exact) mass is 398 g/mol. The van der Waals surface area contributed by atoms with Gasteiger partial charge in [0.2, 0.25) is 0 Å². The molecule has 0 saturated heterocycles. The first-order valence-electron chi connectivity index (χ1n) is 8.85. The SMILES string of the molecule is CN(C)C(=O)C1CN(C(=O)C2=Cc3cc(Cl)ccc3OC2)c2ccccc2O1. The second kappa shape index (κ2) is 7.20. The van der Waals surface area contributed by atoms with E-state index in [0.717, 1.165) is 5.56 Å². The number of halogens is 1. The molecule has 2 aromatic rings. The maximum atomic E-state index is 13.3. The van der Waals surface area contributed by atoms with Crippen LogP contribution in [0.5, 0.6) is 11.5 Å². The van der Waals surface area contributed by atoms with Crippen molar-refractivity contribution < 1.29 is 19.1 Å². The van der Waals surface area contributed by atoms with Crippen LogP contribution in [0.4, 0.5) is 5.69 Å². The molecule has 2 aliphatic rings. The Morgan fingerprint density at radius 2 is 1.93 bits per heavy atom. The number of carbonyl (C=O) groups is 2. The van der Waals surface area contributed by atoms with Gasteiger partial charge in [-0.1, -0.05) is 23.7 Å². The number of nitrogens with zero attached hydrogens (tertiary/aromatic N) is 2. The Balaban J connectivity index is 1.69. The van der Waals surface area contributed by atoms with Crippen molar-refractivity contribution in [1.29, 1.82) is 0 Å². The van der Waals surface area contributed by atoms with E-state index in [0.29, 0.717) is 27.8 Å². The van der Waals surface area contributed by atoms with Crippen LogP contribution in [0.15, 0.2) is 48.0 Å². The van der Waals surface area contributed by atoms with E-state index in [-0.39, 0.29) is 25.0 Å². The summed E-state index contributed by atoms with van der Waals surface area (Å²) in [6.45, 7) is 0.284. The molecule has 6 nitrogen and oxygen atoms in total. The number of hydrogen-bond donors (Lipinski definition) is 0. The third-order valence-corrected chi connectivity index (χ3v) is 4.93. The highest BCUT2D eigenvalue weighted by Gasteiger charge is 2.36. The van der Waals surface area contributed by atoms with Crippen molar-refractivity contribution >= 4 is 35.2 Å². The summed E-state index contributed by atoms with van der Waals surface area (Å²) >= 11 is 6.06. The minimum Gasteiger partial charge on any atom is -0.488 e. The summed E-state index contributed by atoms with van der Waals surface area (Å²) in [5, 5.41) is 0.570. The summed E-state index contributed by atoms with van der Waals surface area (Å²) < 4.78 is 11.6. The van der Waals surface area contributed by atoms with Crippen molar-refractivity contribution in [1.82, 2.24) is 4.90 Å². The molecule has 0 radical (unpaired) electrons. The van der Waals surface area contributed by atoms with E-state index in [1.165, 1.54) is 4.90 Å². The van der Waals surface area contributed by atoms with Crippen LogP contribution >= 0.6 is 11.6 Å². The molecular formula is C21H19ClN2O4. The van der Waals surface area contributed by atoms with Crippen LogP contribution < -0.4 is 14.4 Å². The molecule has 7 heteroatoms. The molecule has 1 unspecified atom stereocenters. The first kappa shape index (κ1) is 18.4. The van der Waals surface area contributed by atoms with Crippen molar-refractivity contribution in [3.05, 3.63) is 58.6 Å². The largest absolute Gasteiger partial charge is 0.488 e. The lowest BCUT2D eigenvalue weighted by atomic mass is 10.0. The summed E-state index contributed by atoms with van der Waals surface area (Å²) in [4.78, 5) is 28.8. The lowest BCUT2D eigenvalue weighted by molar-refractivity contribution is -0.136. The summed E-state index contributed by atoms with van der Waals surface area (Å²) in [6, 6.07) is 12.5. The van der Waals surface area contributed by atoms with Crippen LogP contribution in [0.25, 0.3) is 6.08 Å². The van der Waals surface area contributed by atoms with Gasteiger partial charge in [0.15, 0.2) is 6.10 Å². The molecule has 1 atom stereocenters.